The first-order valence-electron chi connectivity index (χ1n) is 4.42. The van der Waals surface area contributed by atoms with Crippen molar-refractivity contribution in [2.45, 2.75) is 31.7 Å². The summed E-state index contributed by atoms with van der Waals surface area (Å²) in [4.78, 5) is 0. The zero-order valence-electron chi connectivity index (χ0n) is 7.51. The van der Waals surface area contributed by atoms with Gasteiger partial charge in [-0.15, -0.1) is 0 Å². The Kier molecular flexibility index (Phi) is 4.11. The van der Waals surface area contributed by atoms with Gasteiger partial charge in [0, 0.05) is 14.2 Å². The molecule has 0 aromatic heterocycles. The molecule has 66 valence electrons. The summed E-state index contributed by atoms with van der Waals surface area (Å²) in [5, 5.41) is 0. The van der Waals surface area contributed by atoms with Gasteiger partial charge in [-0.25, -0.2) is 0 Å². The molecule has 1 rings (SSSR count). The minimum absolute atomic E-state index is 0.909. The second kappa shape index (κ2) is 4.90. The maximum atomic E-state index is 5.28. The van der Waals surface area contributed by atoms with Crippen molar-refractivity contribution in [3.8, 4) is 0 Å². The summed E-state index contributed by atoms with van der Waals surface area (Å²) < 4.78 is 10.6. The normalized spacial score (nSPS) is 19.9. The van der Waals surface area contributed by atoms with Crippen LogP contribution in [0.2, 0.25) is 6.04 Å². The van der Waals surface area contributed by atoms with Gasteiger partial charge in [0.05, 0.1) is 0 Å². The summed E-state index contributed by atoms with van der Waals surface area (Å²) in [6, 6.07) is 1.22. The van der Waals surface area contributed by atoms with Crippen LogP contribution >= 0.6 is 0 Å². The van der Waals surface area contributed by atoms with Crippen molar-refractivity contribution < 1.29 is 8.85 Å². The SMILES string of the molecule is CO[SiH](CC1CCCC1)OC. The van der Waals surface area contributed by atoms with Crippen LogP contribution in [0.5, 0.6) is 0 Å². The lowest BCUT2D eigenvalue weighted by atomic mass is 10.1. The van der Waals surface area contributed by atoms with E-state index in [1.165, 1.54) is 31.7 Å². The molecular formula is C8H18O2Si. The first kappa shape index (κ1) is 9.23. The third-order valence-corrected chi connectivity index (χ3v) is 4.63. The van der Waals surface area contributed by atoms with Gasteiger partial charge in [-0.05, 0) is 12.0 Å². The van der Waals surface area contributed by atoms with Crippen molar-refractivity contribution in [3.63, 3.8) is 0 Å². The van der Waals surface area contributed by atoms with E-state index in [4.69, 9.17) is 8.85 Å². The Morgan fingerprint density at radius 1 is 1.18 bits per heavy atom. The second-order valence-electron chi connectivity index (χ2n) is 3.29. The molecule has 0 heterocycles. The van der Waals surface area contributed by atoms with Crippen molar-refractivity contribution in [2.75, 3.05) is 14.2 Å². The average molecular weight is 174 g/mol. The van der Waals surface area contributed by atoms with Crippen molar-refractivity contribution in [3.05, 3.63) is 0 Å². The van der Waals surface area contributed by atoms with Crippen LogP contribution in [-0.2, 0) is 8.85 Å². The van der Waals surface area contributed by atoms with E-state index in [-0.39, 0.29) is 0 Å². The molecule has 0 bridgehead atoms. The molecule has 0 radical (unpaired) electrons. The fourth-order valence-corrected chi connectivity index (χ4v) is 3.40. The molecule has 3 heteroatoms. The third kappa shape index (κ3) is 2.93. The topological polar surface area (TPSA) is 18.5 Å². The molecule has 0 unspecified atom stereocenters. The number of hydrogen-bond acceptors (Lipinski definition) is 2. The molecule has 0 N–H and O–H groups in total. The quantitative estimate of drug-likeness (QED) is 0.604. The zero-order valence-corrected chi connectivity index (χ0v) is 8.66. The first-order valence-corrected chi connectivity index (χ1v) is 6.18. The Morgan fingerprint density at radius 3 is 2.18 bits per heavy atom. The van der Waals surface area contributed by atoms with Gasteiger partial charge >= 0.3 is 9.28 Å². The van der Waals surface area contributed by atoms with Gasteiger partial charge in [0.15, 0.2) is 0 Å². The van der Waals surface area contributed by atoms with Crippen LogP contribution in [0.25, 0.3) is 0 Å². The van der Waals surface area contributed by atoms with Crippen LogP contribution < -0.4 is 0 Å². The molecule has 1 aliphatic rings. The smallest absolute Gasteiger partial charge is 0.321 e. The average Bonchev–Trinajstić information content (AvgIpc) is 2.52. The Labute approximate surface area is 70.7 Å². The Bertz CT molecular complexity index is 98.3. The Hall–Kier alpha value is 0.137. The molecule has 11 heavy (non-hydrogen) atoms. The standard InChI is InChI=1S/C8H18O2Si/c1-9-11(10-2)7-8-5-3-4-6-8/h8,11H,3-7H2,1-2H3. The predicted molar refractivity (Wildman–Crippen MR) is 47.9 cm³/mol. The lowest BCUT2D eigenvalue weighted by molar-refractivity contribution is 0.270. The summed E-state index contributed by atoms with van der Waals surface area (Å²) in [7, 11) is 2.30. The fourth-order valence-electron chi connectivity index (χ4n) is 1.81. The highest BCUT2D eigenvalue weighted by Crippen LogP contribution is 2.29. The van der Waals surface area contributed by atoms with E-state index in [9.17, 15) is 0 Å². The van der Waals surface area contributed by atoms with Crippen molar-refractivity contribution in [1.82, 2.24) is 0 Å². The molecule has 1 aliphatic carbocycles. The summed E-state index contributed by atoms with van der Waals surface area (Å²) >= 11 is 0. The molecule has 0 saturated heterocycles. The fraction of sp³-hybridized carbons (Fsp3) is 1.00. The number of rotatable bonds is 4. The van der Waals surface area contributed by atoms with Crippen LogP contribution in [0.1, 0.15) is 25.7 Å². The summed E-state index contributed by atoms with van der Waals surface area (Å²) in [6.45, 7) is 0. The summed E-state index contributed by atoms with van der Waals surface area (Å²) in [6.07, 6.45) is 5.63. The van der Waals surface area contributed by atoms with Crippen molar-refractivity contribution in [2.24, 2.45) is 5.92 Å². The predicted octanol–water partition coefficient (Wildman–Crippen LogP) is 1.69. The van der Waals surface area contributed by atoms with Gasteiger partial charge < -0.3 is 8.85 Å². The monoisotopic (exact) mass is 174 g/mol. The number of hydrogen-bond donors (Lipinski definition) is 0. The molecule has 0 amide bonds. The van der Waals surface area contributed by atoms with E-state index >= 15 is 0 Å². The maximum absolute atomic E-state index is 5.28. The van der Waals surface area contributed by atoms with E-state index in [0.717, 1.165) is 5.92 Å². The highest BCUT2D eigenvalue weighted by atomic mass is 28.3. The molecule has 1 fully saturated rings. The molecule has 0 aromatic carbocycles. The first-order chi connectivity index (χ1) is 5.36. The molecule has 2 nitrogen and oxygen atoms in total. The Morgan fingerprint density at radius 2 is 1.73 bits per heavy atom. The van der Waals surface area contributed by atoms with Crippen molar-refractivity contribution >= 4 is 9.28 Å². The van der Waals surface area contributed by atoms with E-state index in [1.807, 2.05) is 0 Å². The molecule has 0 atom stereocenters. The van der Waals surface area contributed by atoms with Crippen LogP contribution in [0.15, 0.2) is 0 Å². The minimum Gasteiger partial charge on any atom is -0.400 e. The lowest BCUT2D eigenvalue weighted by Crippen LogP contribution is -2.21. The minimum atomic E-state index is -1.25. The highest BCUT2D eigenvalue weighted by molar-refractivity contribution is 6.44. The highest BCUT2D eigenvalue weighted by Gasteiger charge is 2.21. The molecule has 0 spiro atoms. The van der Waals surface area contributed by atoms with E-state index < -0.39 is 9.28 Å². The summed E-state index contributed by atoms with van der Waals surface area (Å²) in [5.41, 5.74) is 0. The van der Waals surface area contributed by atoms with Gasteiger partial charge in [0.2, 0.25) is 0 Å². The van der Waals surface area contributed by atoms with Gasteiger partial charge in [0.25, 0.3) is 0 Å². The molecule has 1 saturated carbocycles. The van der Waals surface area contributed by atoms with Crippen LogP contribution in [0, 0.1) is 5.92 Å². The molecule has 0 aromatic rings. The lowest BCUT2D eigenvalue weighted by Gasteiger charge is -2.14. The van der Waals surface area contributed by atoms with Crippen LogP contribution in [0.4, 0.5) is 0 Å². The third-order valence-electron chi connectivity index (χ3n) is 2.53. The van der Waals surface area contributed by atoms with Gasteiger partial charge in [-0.1, -0.05) is 25.7 Å². The van der Waals surface area contributed by atoms with Gasteiger partial charge in [-0.2, -0.15) is 0 Å². The second-order valence-corrected chi connectivity index (χ2v) is 5.56. The summed E-state index contributed by atoms with van der Waals surface area (Å²) in [5.74, 6) is 0.909. The molecule has 0 aliphatic heterocycles. The van der Waals surface area contributed by atoms with Gasteiger partial charge in [0.1, 0.15) is 0 Å². The van der Waals surface area contributed by atoms with E-state index in [1.54, 1.807) is 14.2 Å². The zero-order chi connectivity index (χ0) is 8.10. The van der Waals surface area contributed by atoms with E-state index in [2.05, 4.69) is 0 Å². The Balaban J connectivity index is 2.16. The maximum Gasteiger partial charge on any atom is 0.321 e. The van der Waals surface area contributed by atoms with Crippen LogP contribution in [0.3, 0.4) is 0 Å². The largest absolute Gasteiger partial charge is 0.400 e. The van der Waals surface area contributed by atoms with Gasteiger partial charge in [-0.3, -0.25) is 0 Å². The van der Waals surface area contributed by atoms with E-state index in [0.29, 0.717) is 0 Å². The van der Waals surface area contributed by atoms with Crippen LogP contribution in [-0.4, -0.2) is 23.5 Å². The molecular weight excluding hydrogens is 156 g/mol. The van der Waals surface area contributed by atoms with Crippen molar-refractivity contribution in [1.29, 1.82) is 0 Å².